The third-order valence-electron chi connectivity index (χ3n) is 2.90. The van der Waals surface area contributed by atoms with Gasteiger partial charge in [0.1, 0.15) is 0 Å². The van der Waals surface area contributed by atoms with Gasteiger partial charge in [0, 0.05) is 0 Å². The first-order chi connectivity index (χ1) is 8.82. The molecule has 0 saturated carbocycles. The zero-order chi connectivity index (χ0) is 15.1. The summed E-state index contributed by atoms with van der Waals surface area (Å²) in [6, 6.07) is 0. The Hall–Kier alpha value is -1.36. The van der Waals surface area contributed by atoms with E-state index in [0.717, 1.165) is 5.57 Å². The van der Waals surface area contributed by atoms with Gasteiger partial charge in [0.2, 0.25) is 5.54 Å². The second-order valence-corrected chi connectivity index (χ2v) is 4.65. The molecule has 0 unspecified atom stereocenters. The number of hydrogen-bond donors (Lipinski definition) is 0. The predicted molar refractivity (Wildman–Crippen MR) is 73.7 cm³/mol. The van der Waals surface area contributed by atoms with Crippen molar-refractivity contribution in [3.63, 3.8) is 0 Å². The summed E-state index contributed by atoms with van der Waals surface area (Å²) in [5.74, 6) is -1.14. The van der Waals surface area contributed by atoms with E-state index in [-0.39, 0.29) is 13.2 Å². The molecule has 0 amide bonds. The van der Waals surface area contributed by atoms with Gasteiger partial charge in [0.25, 0.3) is 0 Å². The molecule has 0 aliphatic rings. The SMILES string of the molecule is C=C(C)CCC(C(=O)OCC)(C(=O)OCC)N(C)C. The second-order valence-electron chi connectivity index (χ2n) is 4.65. The van der Waals surface area contributed by atoms with Gasteiger partial charge in [-0.2, -0.15) is 0 Å². The average Bonchev–Trinajstić information content (AvgIpc) is 2.29. The lowest BCUT2D eigenvalue weighted by Gasteiger charge is -2.34. The molecule has 19 heavy (non-hydrogen) atoms. The molecule has 0 atom stereocenters. The van der Waals surface area contributed by atoms with Gasteiger partial charge in [-0.1, -0.05) is 5.57 Å². The van der Waals surface area contributed by atoms with Crippen molar-refractivity contribution >= 4 is 11.9 Å². The fourth-order valence-corrected chi connectivity index (χ4v) is 1.77. The van der Waals surface area contributed by atoms with Gasteiger partial charge in [0.15, 0.2) is 0 Å². The molecule has 0 fully saturated rings. The number of carbonyl (C=O) groups is 2. The summed E-state index contributed by atoms with van der Waals surface area (Å²) >= 11 is 0. The van der Waals surface area contributed by atoms with E-state index in [2.05, 4.69) is 6.58 Å². The topological polar surface area (TPSA) is 55.8 Å². The summed E-state index contributed by atoms with van der Waals surface area (Å²) in [5, 5.41) is 0. The Morgan fingerprint density at radius 2 is 1.53 bits per heavy atom. The first kappa shape index (κ1) is 17.6. The van der Waals surface area contributed by atoms with Crippen molar-refractivity contribution in [2.24, 2.45) is 0 Å². The highest BCUT2D eigenvalue weighted by Gasteiger charge is 2.50. The van der Waals surface area contributed by atoms with E-state index < -0.39 is 17.5 Å². The van der Waals surface area contributed by atoms with E-state index in [1.54, 1.807) is 32.8 Å². The fourth-order valence-electron chi connectivity index (χ4n) is 1.77. The van der Waals surface area contributed by atoms with Crippen LogP contribution in [0.1, 0.15) is 33.6 Å². The van der Waals surface area contributed by atoms with Crippen molar-refractivity contribution in [2.45, 2.75) is 39.2 Å². The van der Waals surface area contributed by atoms with Crippen molar-refractivity contribution in [3.8, 4) is 0 Å². The predicted octanol–water partition coefficient (Wildman–Crippen LogP) is 1.77. The Morgan fingerprint density at radius 3 is 1.79 bits per heavy atom. The lowest BCUT2D eigenvalue weighted by molar-refractivity contribution is -0.173. The van der Waals surface area contributed by atoms with Crippen LogP contribution in [-0.4, -0.2) is 49.7 Å². The Bertz CT molecular complexity index is 318. The molecule has 0 rings (SSSR count). The molecular formula is C14H25NO4. The first-order valence-corrected chi connectivity index (χ1v) is 6.49. The number of allylic oxidation sites excluding steroid dienone is 1. The van der Waals surface area contributed by atoms with E-state index >= 15 is 0 Å². The molecule has 5 nitrogen and oxygen atoms in total. The van der Waals surface area contributed by atoms with Crippen LogP contribution < -0.4 is 0 Å². The normalized spacial score (nSPS) is 11.3. The minimum absolute atomic E-state index is 0.223. The molecule has 0 N–H and O–H groups in total. The number of carbonyl (C=O) groups excluding carboxylic acids is 2. The van der Waals surface area contributed by atoms with Crippen LogP contribution in [0.15, 0.2) is 12.2 Å². The van der Waals surface area contributed by atoms with Crippen LogP contribution in [0.4, 0.5) is 0 Å². The van der Waals surface area contributed by atoms with E-state index in [9.17, 15) is 9.59 Å². The van der Waals surface area contributed by atoms with Crippen molar-refractivity contribution in [1.82, 2.24) is 4.90 Å². The number of ether oxygens (including phenoxy) is 2. The summed E-state index contributed by atoms with van der Waals surface area (Å²) in [5.41, 5.74) is -0.495. The van der Waals surface area contributed by atoms with Crippen LogP contribution in [0.5, 0.6) is 0 Å². The minimum atomic E-state index is -1.40. The smallest absolute Gasteiger partial charge is 0.338 e. The monoisotopic (exact) mass is 271 g/mol. The highest BCUT2D eigenvalue weighted by molar-refractivity contribution is 6.05. The van der Waals surface area contributed by atoms with Gasteiger partial charge in [-0.05, 0) is 47.7 Å². The summed E-state index contributed by atoms with van der Waals surface area (Å²) in [4.78, 5) is 26.0. The molecule has 0 radical (unpaired) electrons. The van der Waals surface area contributed by atoms with Crippen molar-refractivity contribution in [2.75, 3.05) is 27.3 Å². The first-order valence-electron chi connectivity index (χ1n) is 6.49. The Morgan fingerprint density at radius 1 is 1.11 bits per heavy atom. The number of hydrogen-bond acceptors (Lipinski definition) is 5. The van der Waals surface area contributed by atoms with Gasteiger partial charge < -0.3 is 9.47 Å². The van der Waals surface area contributed by atoms with Crippen molar-refractivity contribution in [3.05, 3.63) is 12.2 Å². The summed E-state index contributed by atoms with van der Waals surface area (Å²) in [6.45, 7) is 9.53. The third kappa shape index (κ3) is 4.35. The third-order valence-corrected chi connectivity index (χ3v) is 2.90. The molecule has 0 aromatic rings. The molecule has 110 valence electrons. The molecule has 0 aliphatic carbocycles. The second kappa shape index (κ2) is 7.94. The molecule has 5 heteroatoms. The van der Waals surface area contributed by atoms with Gasteiger partial charge >= 0.3 is 11.9 Å². The Labute approximate surface area is 115 Å². The van der Waals surface area contributed by atoms with Crippen LogP contribution in [-0.2, 0) is 19.1 Å². The quantitative estimate of drug-likeness (QED) is 0.382. The highest BCUT2D eigenvalue weighted by Crippen LogP contribution is 2.25. The molecule has 0 heterocycles. The van der Waals surface area contributed by atoms with Crippen LogP contribution in [0.3, 0.4) is 0 Å². The summed E-state index contributed by atoms with van der Waals surface area (Å²) in [6.07, 6.45) is 0.850. The average molecular weight is 271 g/mol. The van der Waals surface area contributed by atoms with Crippen molar-refractivity contribution in [1.29, 1.82) is 0 Å². The summed E-state index contributed by atoms with van der Waals surface area (Å²) in [7, 11) is 3.35. The lowest BCUT2D eigenvalue weighted by Crippen LogP contribution is -2.58. The zero-order valence-electron chi connectivity index (χ0n) is 12.6. The molecular weight excluding hydrogens is 246 g/mol. The molecule has 0 spiro atoms. The Kier molecular flexibility index (Phi) is 7.37. The van der Waals surface area contributed by atoms with Crippen LogP contribution >= 0.6 is 0 Å². The molecule has 0 aromatic heterocycles. The minimum Gasteiger partial charge on any atom is -0.464 e. The van der Waals surface area contributed by atoms with Gasteiger partial charge in [-0.3, -0.25) is 4.90 Å². The zero-order valence-corrected chi connectivity index (χ0v) is 12.6. The summed E-state index contributed by atoms with van der Waals surface area (Å²) < 4.78 is 10.1. The van der Waals surface area contributed by atoms with Crippen LogP contribution in [0, 0.1) is 0 Å². The fraction of sp³-hybridized carbons (Fsp3) is 0.714. The van der Waals surface area contributed by atoms with Gasteiger partial charge in [-0.15, -0.1) is 6.58 Å². The van der Waals surface area contributed by atoms with E-state index in [4.69, 9.17) is 9.47 Å². The largest absolute Gasteiger partial charge is 0.464 e. The molecule has 0 aliphatic heterocycles. The number of esters is 2. The van der Waals surface area contributed by atoms with E-state index in [0.29, 0.717) is 12.8 Å². The van der Waals surface area contributed by atoms with Crippen molar-refractivity contribution < 1.29 is 19.1 Å². The molecule has 0 bridgehead atoms. The Balaban J connectivity index is 5.39. The highest BCUT2D eigenvalue weighted by atomic mass is 16.6. The maximum Gasteiger partial charge on any atom is 0.338 e. The van der Waals surface area contributed by atoms with Crippen LogP contribution in [0.2, 0.25) is 0 Å². The van der Waals surface area contributed by atoms with Gasteiger partial charge in [-0.25, -0.2) is 9.59 Å². The number of nitrogens with zero attached hydrogens (tertiary/aromatic N) is 1. The molecule has 0 aromatic carbocycles. The van der Waals surface area contributed by atoms with E-state index in [1.165, 1.54) is 0 Å². The molecule has 0 saturated heterocycles. The van der Waals surface area contributed by atoms with E-state index in [1.807, 2.05) is 6.92 Å². The number of likely N-dealkylation sites (N-methyl/N-ethyl adjacent to an activating group) is 1. The lowest BCUT2D eigenvalue weighted by atomic mass is 9.90. The maximum atomic E-state index is 12.2. The van der Waals surface area contributed by atoms with Gasteiger partial charge in [0.05, 0.1) is 13.2 Å². The maximum absolute atomic E-state index is 12.2. The van der Waals surface area contributed by atoms with Crippen LogP contribution in [0.25, 0.3) is 0 Å². The number of rotatable bonds is 8. The standard InChI is InChI=1S/C14H25NO4/c1-7-18-12(16)14(15(5)6,10-9-11(3)4)13(17)19-8-2/h3,7-10H2,1-2,4-6H3.